The van der Waals surface area contributed by atoms with Gasteiger partial charge in [0.15, 0.2) is 6.61 Å². The minimum atomic E-state index is -0.461. The predicted molar refractivity (Wildman–Crippen MR) is 124 cm³/mol. The number of ether oxygens (including phenoxy) is 1. The maximum absolute atomic E-state index is 13.2. The van der Waals surface area contributed by atoms with Gasteiger partial charge >= 0.3 is 5.97 Å². The lowest BCUT2D eigenvalue weighted by Crippen LogP contribution is -2.22. The molecule has 4 rings (SSSR count). The van der Waals surface area contributed by atoms with Crippen molar-refractivity contribution in [1.29, 1.82) is 0 Å². The largest absolute Gasteiger partial charge is 0.454 e. The van der Waals surface area contributed by atoms with Crippen LogP contribution in [0.3, 0.4) is 0 Å². The van der Waals surface area contributed by atoms with Crippen LogP contribution in [0.2, 0.25) is 0 Å². The van der Waals surface area contributed by atoms with Gasteiger partial charge in [-0.3, -0.25) is 14.6 Å². The van der Waals surface area contributed by atoms with Crippen LogP contribution in [0.15, 0.2) is 36.4 Å². The number of benzene rings is 1. The summed E-state index contributed by atoms with van der Waals surface area (Å²) in [6.07, 6.45) is 5.51. The van der Waals surface area contributed by atoms with Gasteiger partial charge in [-0.1, -0.05) is 24.6 Å². The van der Waals surface area contributed by atoms with Crippen molar-refractivity contribution in [3.05, 3.63) is 63.0 Å². The zero-order chi connectivity index (χ0) is 22.5. The Morgan fingerprint density at radius 2 is 1.88 bits per heavy atom. The average Bonchev–Trinajstić information content (AvgIpc) is 3.13. The fraction of sp³-hybridized carbons (Fsp3) is 0.360. The number of carbonyl (C=O) groups is 3. The number of fused-ring (bicyclic) bond motifs is 2. The van der Waals surface area contributed by atoms with Crippen LogP contribution in [0.1, 0.15) is 62.4 Å². The molecule has 0 spiro atoms. The molecular formula is C25H26N2O4S. The number of aryl methyl sites for hydroxylation is 1. The molecule has 0 atom stereocenters. The monoisotopic (exact) mass is 450 g/mol. The van der Waals surface area contributed by atoms with Crippen molar-refractivity contribution in [1.82, 2.24) is 10.3 Å². The van der Waals surface area contributed by atoms with Crippen molar-refractivity contribution in [3.8, 4) is 0 Å². The van der Waals surface area contributed by atoms with Crippen LogP contribution in [-0.2, 0) is 28.8 Å². The normalized spacial score (nSPS) is 13.3. The van der Waals surface area contributed by atoms with E-state index in [1.807, 2.05) is 30.3 Å². The van der Waals surface area contributed by atoms with E-state index in [-0.39, 0.29) is 18.3 Å². The minimum absolute atomic E-state index is 0.0775. The Balaban J connectivity index is 1.49. The van der Waals surface area contributed by atoms with Gasteiger partial charge < -0.3 is 10.1 Å². The summed E-state index contributed by atoms with van der Waals surface area (Å²) in [5, 5.41) is 3.52. The lowest BCUT2D eigenvalue weighted by atomic mass is 9.97. The molecule has 1 aliphatic rings. The number of pyridine rings is 1. The number of rotatable bonds is 7. The molecule has 0 unspecified atom stereocenters. The Morgan fingerprint density at radius 1 is 1.06 bits per heavy atom. The third kappa shape index (κ3) is 5.05. The summed E-state index contributed by atoms with van der Waals surface area (Å²) in [6, 6.07) is 11.2. The number of Topliss-reactive ketones (excluding diaryl/α,β-unsaturated/α-hetero) is 1. The van der Waals surface area contributed by atoms with Crippen molar-refractivity contribution >= 4 is 39.9 Å². The lowest BCUT2D eigenvalue weighted by Gasteiger charge is -2.14. The van der Waals surface area contributed by atoms with Gasteiger partial charge in [0.2, 0.25) is 11.7 Å². The number of hydrogen-bond donors (Lipinski definition) is 1. The maximum atomic E-state index is 13.2. The fourth-order valence-electron chi connectivity index (χ4n) is 4.08. The van der Waals surface area contributed by atoms with Crippen molar-refractivity contribution in [2.75, 3.05) is 13.2 Å². The van der Waals surface area contributed by atoms with E-state index in [9.17, 15) is 14.4 Å². The number of esters is 1. The SMILES string of the molecule is CC(=O)NCCc1ccc(C(=O)COC(=O)c2c3c(nc4ccccc24)CCCCC3)s1. The number of carbonyl (C=O) groups excluding carboxylic acids is 3. The summed E-state index contributed by atoms with van der Waals surface area (Å²) in [5.41, 5.74) is 3.28. The zero-order valence-corrected chi connectivity index (χ0v) is 18.9. The molecule has 166 valence electrons. The highest BCUT2D eigenvalue weighted by Crippen LogP contribution is 2.29. The van der Waals surface area contributed by atoms with Gasteiger partial charge in [-0.15, -0.1) is 11.3 Å². The molecule has 6 nitrogen and oxygen atoms in total. The third-order valence-electron chi connectivity index (χ3n) is 5.64. The first-order chi connectivity index (χ1) is 15.5. The van der Waals surface area contributed by atoms with Crippen molar-refractivity contribution in [2.45, 2.75) is 45.4 Å². The number of ketones is 1. The summed E-state index contributed by atoms with van der Waals surface area (Å²) in [7, 11) is 0. The Morgan fingerprint density at radius 3 is 2.72 bits per heavy atom. The molecule has 7 heteroatoms. The summed E-state index contributed by atoms with van der Waals surface area (Å²) in [5.74, 6) is -0.762. The maximum Gasteiger partial charge on any atom is 0.339 e. The molecule has 1 aliphatic carbocycles. The third-order valence-corrected chi connectivity index (χ3v) is 6.83. The molecule has 0 saturated carbocycles. The molecule has 0 bridgehead atoms. The van der Waals surface area contributed by atoms with E-state index in [1.165, 1.54) is 18.3 Å². The summed E-state index contributed by atoms with van der Waals surface area (Å²) >= 11 is 1.37. The van der Waals surface area contributed by atoms with Crippen molar-refractivity contribution in [2.24, 2.45) is 0 Å². The first kappa shape index (κ1) is 22.1. The van der Waals surface area contributed by atoms with Crippen LogP contribution in [-0.4, -0.2) is 35.8 Å². The molecule has 0 saturated heterocycles. The first-order valence-corrected chi connectivity index (χ1v) is 11.8. The average molecular weight is 451 g/mol. The molecule has 0 radical (unpaired) electrons. The molecule has 3 aromatic rings. The molecule has 1 amide bonds. The molecular weight excluding hydrogens is 424 g/mol. The molecule has 2 heterocycles. The highest BCUT2D eigenvalue weighted by molar-refractivity contribution is 7.14. The molecule has 1 N–H and O–H groups in total. The topological polar surface area (TPSA) is 85.4 Å². The highest BCUT2D eigenvalue weighted by Gasteiger charge is 2.23. The zero-order valence-electron chi connectivity index (χ0n) is 18.1. The Kier molecular flexibility index (Phi) is 6.95. The van der Waals surface area contributed by atoms with E-state index in [4.69, 9.17) is 9.72 Å². The second kappa shape index (κ2) is 10.0. The van der Waals surface area contributed by atoms with E-state index in [1.54, 1.807) is 6.07 Å². The van der Waals surface area contributed by atoms with E-state index in [0.29, 0.717) is 23.4 Å². The Labute approximate surface area is 191 Å². The van der Waals surface area contributed by atoms with Crippen LogP contribution in [0.4, 0.5) is 0 Å². The standard InChI is InChI=1S/C25H26N2O4S/c1-16(28)26-14-13-17-11-12-23(32-17)22(29)15-31-25(30)24-18-7-3-2-4-9-20(18)27-21-10-6-5-8-19(21)24/h5-6,8,10-12H,2-4,7,9,13-15H2,1H3,(H,26,28). The Hall–Kier alpha value is -3.06. The number of nitrogens with zero attached hydrogens (tertiary/aromatic N) is 1. The molecule has 0 aliphatic heterocycles. The van der Waals surface area contributed by atoms with E-state index >= 15 is 0 Å². The fourth-order valence-corrected chi connectivity index (χ4v) is 5.01. The van der Waals surface area contributed by atoms with Crippen LogP contribution >= 0.6 is 11.3 Å². The van der Waals surface area contributed by atoms with E-state index in [0.717, 1.165) is 59.1 Å². The second-order valence-electron chi connectivity index (χ2n) is 7.99. The van der Waals surface area contributed by atoms with Gasteiger partial charge in [-0.05, 0) is 55.9 Å². The lowest BCUT2D eigenvalue weighted by molar-refractivity contribution is -0.118. The van der Waals surface area contributed by atoms with Gasteiger partial charge in [0.05, 0.1) is 16.0 Å². The van der Waals surface area contributed by atoms with Crippen molar-refractivity contribution in [3.63, 3.8) is 0 Å². The number of para-hydroxylation sites is 1. The van der Waals surface area contributed by atoms with Gasteiger partial charge in [0.1, 0.15) is 0 Å². The summed E-state index contributed by atoms with van der Waals surface area (Å²) in [6.45, 7) is 1.71. The second-order valence-corrected chi connectivity index (χ2v) is 9.16. The Bertz CT molecular complexity index is 1170. The number of nitrogens with one attached hydrogen (secondary N) is 1. The van der Waals surface area contributed by atoms with Crippen LogP contribution < -0.4 is 5.32 Å². The summed E-state index contributed by atoms with van der Waals surface area (Å²) in [4.78, 5) is 43.1. The van der Waals surface area contributed by atoms with Crippen LogP contribution in [0.25, 0.3) is 10.9 Å². The quantitative estimate of drug-likeness (QED) is 0.330. The van der Waals surface area contributed by atoms with Gasteiger partial charge in [0, 0.05) is 29.4 Å². The number of hydrogen-bond acceptors (Lipinski definition) is 6. The first-order valence-electron chi connectivity index (χ1n) is 11.0. The smallest absolute Gasteiger partial charge is 0.339 e. The number of amides is 1. The van der Waals surface area contributed by atoms with E-state index in [2.05, 4.69) is 5.32 Å². The predicted octanol–water partition coefficient (Wildman–Crippen LogP) is 4.28. The van der Waals surface area contributed by atoms with Crippen LogP contribution in [0.5, 0.6) is 0 Å². The number of thiophene rings is 1. The number of aromatic nitrogens is 1. The van der Waals surface area contributed by atoms with Crippen LogP contribution in [0, 0.1) is 0 Å². The van der Waals surface area contributed by atoms with Gasteiger partial charge in [0.25, 0.3) is 0 Å². The van der Waals surface area contributed by atoms with E-state index < -0.39 is 5.97 Å². The molecule has 1 aromatic carbocycles. The minimum Gasteiger partial charge on any atom is -0.454 e. The molecule has 32 heavy (non-hydrogen) atoms. The van der Waals surface area contributed by atoms with Gasteiger partial charge in [-0.25, -0.2) is 4.79 Å². The van der Waals surface area contributed by atoms with Crippen molar-refractivity contribution < 1.29 is 19.1 Å². The summed E-state index contributed by atoms with van der Waals surface area (Å²) < 4.78 is 5.51. The molecule has 0 fully saturated rings. The van der Waals surface area contributed by atoms with Gasteiger partial charge in [-0.2, -0.15) is 0 Å². The highest BCUT2D eigenvalue weighted by atomic mass is 32.1. The molecule has 2 aromatic heterocycles.